The Labute approximate surface area is 117 Å². The third-order valence-corrected chi connectivity index (χ3v) is 6.03. The van der Waals surface area contributed by atoms with Gasteiger partial charge in [0, 0.05) is 11.4 Å². The lowest BCUT2D eigenvalue weighted by Gasteiger charge is -2.40. The number of halogens is 1. The van der Waals surface area contributed by atoms with Gasteiger partial charge in [-0.05, 0) is 59.4 Å². The Kier molecular flexibility index (Phi) is 4.67. The van der Waals surface area contributed by atoms with E-state index in [-0.39, 0.29) is 0 Å². The minimum Gasteiger partial charge on any atom is -0.298 e. The van der Waals surface area contributed by atoms with Crippen molar-refractivity contribution in [3.05, 3.63) is 20.8 Å². The van der Waals surface area contributed by atoms with Crippen molar-refractivity contribution < 1.29 is 0 Å². The van der Waals surface area contributed by atoms with Crippen LogP contribution in [0.4, 0.5) is 0 Å². The van der Waals surface area contributed by atoms with E-state index >= 15 is 0 Å². The second-order valence-electron chi connectivity index (χ2n) is 5.19. The first-order valence-corrected chi connectivity index (χ1v) is 8.25. The molecule has 1 nitrogen and oxygen atoms in total. The molecule has 0 aliphatic carbocycles. The van der Waals surface area contributed by atoms with Gasteiger partial charge in [0.05, 0.1) is 3.79 Å². The Balaban J connectivity index is 1.87. The van der Waals surface area contributed by atoms with Crippen molar-refractivity contribution in [2.45, 2.75) is 46.1 Å². The molecular formula is C14H22BrNS. The summed E-state index contributed by atoms with van der Waals surface area (Å²) in [5, 5.41) is 0. The normalized spacial score (nSPS) is 20.6. The van der Waals surface area contributed by atoms with Crippen LogP contribution in [0.2, 0.25) is 0 Å². The monoisotopic (exact) mass is 315 g/mol. The molecule has 2 heterocycles. The van der Waals surface area contributed by atoms with Gasteiger partial charge >= 0.3 is 0 Å². The van der Waals surface area contributed by atoms with Crippen molar-refractivity contribution in [3.8, 4) is 0 Å². The number of piperidine rings is 1. The van der Waals surface area contributed by atoms with Gasteiger partial charge in [0.25, 0.3) is 0 Å². The molecule has 0 unspecified atom stereocenters. The van der Waals surface area contributed by atoms with Crippen LogP contribution in [0.1, 0.15) is 44.4 Å². The Hall–Kier alpha value is 0.140. The highest BCUT2D eigenvalue weighted by molar-refractivity contribution is 9.11. The second kappa shape index (κ2) is 5.85. The average Bonchev–Trinajstić information content (AvgIpc) is 2.76. The van der Waals surface area contributed by atoms with Gasteiger partial charge in [-0.15, -0.1) is 11.3 Å². The van der Waals surface area contributed by atoms with Crippen LogP contribution in [0.5, 0.6) is 0 Å². The van der Waals surface area contributed by atoms with Crippen LogP contribution in [0, 0.1) is 5.41 Å². The van der Waals surface area contributed by atoms with E-state index < -0.39 is 0 Å². The van der Waals surface area contributed by atoms with Crippen LogP contribution >= 0.6 is 27.3 Å². The van der Waals surface area contributed by atoms with E-state index in [9.17, 15) is 0 Å². The highest BCUT2D eigenvalue weighted by atomic mass is 79.9. The minimum absolute atomic E-state index is 0.645. The van der Waals surface area contributed by atoms with Crippen molar-refractivity contribution in [2.24, 2.45) is 5.41 Å². The van der Waals surface area contributed by atoms with Crippen molar-refractivity contribution >= 4 is 27.3 Å². The lowest BCUT2D eigenvalue weighted by molar-refractivity contribution is 0.0915. The van der Waals surface area contributed by atoms with Gasteiger partial charge in [0.15, 0.2) is 0 Å². The fourth-order valence-corrected chi connectivity index (χ4v) is 4.33. The van der Waals surface area contributed by atoms with Gasteiger partial charge in [-0.1, -0.05) is 26.7 Å². The van der Waals surface area contributed by atoms with Crippen molar-refractivity contribution in [1.29, 1.82) is 0 Å². The van der Waals surface area contributed by atoms with Crippen LogP contribution < -0.4 is 0 Å². The smallest absolute Gasteiger partial charge is 0.0701 e. The maximum absolute atomic E-state index is 3.54. The summed E-state index contributed by atoms with van der Waals surface area (Å²) in [6.45, 7) is 8.40. The molecule has 1 aromatic heterocycles. The number of thiophene rings is 1. The summed E-state index contributed by atoms with van der Waals surface area (Å²) < 4.78 is 1.25. The zero-order valence-electron chi connectivity index (χ0n) is 10.8. The van der Waals surface area contributed by atoms with Crippen LogP contribution in [0.25, 0.3) is 0 Å². The van der Waals surface area contributed by atoms with E-state index in [2.05, 4.69) is 46.8 Å². The molecule has 0 saturated carbocycles. The first-order valence-electron chi connectivity index (χ1n) is 6.64. The van der Waals surface area contributed by atoms with Crippen LogP contribution in [0.3, 0.4) is 0 Å². The van der Waals surface area contributed by atoms with E-state index in [1.54, 1.807) is 0 Å². The van der Waals surface area contributed by atoms with Gasteiger partial charge in [0.2, 0.25) is 0 Å². The molecule has 0 spiro atoms. The molecule has 0 atom stereocenters. The predicted octanol–water partition coefficient (Wildman–Crippen LogP) is 4.91. The quantitative estimate of drug-likeness (QED) is 0.762. The van der Waals surface area contributed by atoms with E-state index in [0.717, 1.165) is 6.54 Å². The molecule has 1 aliphatic heterocycles. The molecule has 1 saturated heterocycles. The molecular weight excluding hydrogens is 294 g/mol. The Morgan fingerprint density at radius 2 is 1.88 bits per heavy atom. The van der Waals surface area contributed by atoms with Crippen LogP contribution in [-0.4, -0.2) is 18.0 Å². The molecule has 17 heavy (non-hydrogen) atoms. The van der Waals surface area contributed by atoms with E-state index in [4.69, 9.17) is 0 Å². The molecule has 2 rings (SSSR count). The Morgan fingerprint density at radius 3 is 2.35 bits per heavy atom. The molecule has 3 heteroatoms. The summed E-state index contributed by atoms with van der Waals surface area (Å²) >= 11 is 5.41. The third kappa shape index (κ3) is 3.33. The summed E-state index contributed by atoms with van der Waals surface area (Å²) in [5.74, 6) is 0. The third-order valence-electron chi connectivity index (χ3n) is 4.43. The molecule has 1 aliphatic rings. The Morgan fingerprint density at radius 1 is 1.24 bits per heavy atom. The maximum atomic E-state index is 3.54. The fraction of sp³-hybridized carbons (Fsp3) is 0.714. The van der Waals surface area contributed by atoms with Gasteiger partial charge in [0.1, 0.15) is 0 Å². The average molecular weight is 316 g/mol. The largest absolute Gasteiger partial charge is 0.298 e. The molecule has 0 radical (unpaired) electrons. The summed E-state index contributed by atoms with van der Waals surface area (Å²) in [5.41, 5.74) is 0.645. The zero-order chi connectivity index (χ0) is 12.3. The van der Waals surface area contributed by atoms with E-state index in [1.807, 2.05) is 11.3 Å². The number of rotatable bonds is 4. The van der Waals surface area contributed by atoms with Gasteiger partial charge in [-0.2, -0.15) is 0 Å². The van der Waals surface area contributed by atoms with Crippen molar-refractivity contribution in [1.82, 2.24) is 4.90 Å². The van der Waals surface area contributed by atoms with E-state index in [1.165, 1.54) is 47.4 Å². The molecule has 96 valence electrons. The second-order valence-corrected chi connectivity index (χ2v) is 7.74. The van der Waals surface area contributed by atoms with Gasteiger partial charge in [-0.25, -0.2) is 0 Å². The maximum Gasteiger partial charge on any atom is 0.0701 e. The molecule has 0 aromatic carbocycles. The minimum atomic E-state index is 0.645. The number of hydrogen-bond donors (Lipinski definition) is 0. The van der Waals surface area contributed by atoms with Crippen molar-refractivity contribution in [3.63, 3.8) is 0 Å². The highest BCUT2D eigenvalue weighted by Crippen LogP contribution is 2.38. The summed E-state index contributed by atoms with van der Waals surface area (Å²) in [4.78, 5) is 4.10. The summed E-state index contributed by atoms with van der Waals surface area (Å²) in [7, 11) is 0. The zero-order valence-corrected chi connectivity index (χ0v) is 13.2. The lowest BCUT2D eigenvalue weighted by Crippen LogP contribution is -2.38. The summed E-state index contributed by atoms with van der Waals surface area (Å²) in [6.07, 6.45) is 5.46. The first kappa shape index (κ1) is 13.6. The number of likely N-dealkylation sites (tertiary alicyclic amines) is 1. The van der Waals surface area contributed by atoms with Gasteiger partial charge < -0.3 is 0 Å². The molecule has 1 fully saturated rings. The SMILES string of the molecule is CCC1(CC)CCN(Cc2ccc(Br)s2)CC1. The first-order chi connectivity index (χ1) is 8.17. The summed E-state index contributed by atoms with van der Waals surface area (Å²) in [6, 6.07) is 4.41. The van der Waals surface area contributed by atoms with Gasteiger partial charge in [-0.3, -0.25) is 4.90 Å². The highest BCUT2D eigenvalue weighted by Gasteiger charge is 2.31. The predicted molar refractivity (Wildman–Crippen MR) is 79.5 cm³/mol. The van der Waals surface area contributed by atoms with Crippen molar-refractivity contribution in [2.75, 3.05) is 13.1 Å². The van der Waals surface area contributed by atoms with E-state index in [0.29, 0.717) is 5.41 Å². The molecule has 1 aromatic rings. The number of hydrogen-bond acceptors (Lipinski definition) is 2. The fourth-order valence-electron chi connectivity index (χ4n) is 2.80. The topological polar surface area (TPSA) is 3.24 Å². The molecule has 0 N–H and O–H groups in total. The number of nitrogens with zero attached hydrogens (tertiary/aromatic N) is 1. The molecule has 0 bridgehead atoms. The Bertz CT molecular complexity index is 347. The molecule has 0 amide bonds. The standard InChI is InChI=1S/C14H22BrNS/c1-3-14(4-2)7-9-16(10-8-14)11-12-5-6-13(15)17-12/h5-6H,3-4,7-11H2,1-2H3. The lowest BCUT2D eigenvalue weighted by atomic mass is 9.74. The van der Waals surface area contributed by atoms with Crippen LogP contribution in [0.15, 0.2) is 15.9 Å². The van der Waals surface area contributed by atoms with Crippen LogP contribution in [-0.2, 0) is 6.54 Å².